The van der Waals surface area contributed by atoms with E-state index in [2.05, 4.69) is 60.2 Å². The molecule has 0 bridgehead atoms. The lowest BCUT2D eigenvalue weighted by atomic mass is 9.87. The van der Waals surface area contributed by atoms with Crippen LogP contribution in [0.25, 0.3) is 0 Å². The van der Waals surface area contributed by atoms with Gasteiger partial charge in [0.1, 0.15) is 0 Å². The van der Waals surface area contributed by atoms with E-state index in [0.717, 1.165) is 45.2 Å². The molecule has 2 aromatic carbocycles. The summed E-state index contributed by atoms with van der Waals surface area (Å²) >= 11 is 0. The predicted molar refractivity (Wildman–Crippen MR) is 159 cm³/mol. The standard InChI is InChI=1S/C31H40F3N5O.CH4/c1-30(2,3)24-7-10-27(11-8-24)38-19-17-37(18-20-38)14-4-5-29(40)39-15-12-25(13-16-39)36-26-9-6-23(22-35)28(21-26)31(32,33)34;/h6-11,21,25,36H,4-5,12-20H2,1-3H3;1H4. The second-order valence-corrected chi connectivity index (χ2v) is 11.9. The Morgan fingerprint density at radius 2 is 1.61 bits per heavy atom. The van der Waals surface area contributed by atoms with Crippen LogP contribution in [-0.4, -0.2) is 67.6 Å². The highest BCUT2D eigenvalue weighted by atomic mass is 19.4. The maximum absolute atomic E-state index is 13.3. The van der Waals surface area contributed by atoms with Crippen molar-refractivity contribution in [2.75, 3.05) is 56.0 Å². The first-order valence-corrected chi connectivity index (χ1v) is 14.2. The van der Waals surface area contributed by atoms with Gasteiger partial charge in [-0.1, -0.05) is 40.3 Å². The topological polar surface area (TPSA) is 62.6 Å². The smallest absolute Gasteiger partial charge is 0.382 e. The molecular weight excluding hydrogens is 527 g/mol. The van der Waals surface area contributed by atoms with E-state index < -0.39 is 11.7 Å². The average molecular weight is 572 g/mol. The Bertz CT molecular complexity index is 1180. The number of hydrogen-bond donors (Lipinski definition) is 1. The van der Waals surface area contributed by atoms with Gasteiger partial charge in [-0.15, -0.1) is 0 Å². The summed E-state index contributed by atoms with van der Waals surface area (Å²) in [6.07, 6.45) is -1.90. The number of nitriles is 1. The highest BCUT2D eigenvalue weighted by molar-refractivity contribution is 5.76. The van der Waals surface area contributed by atoms with Crippen molar-refractivity contribution in [3.8, 4) is 6.07 Å². The Hall–Kier alpha value is -3.25. The highest BCUT2D eigenvalue weighted by Gasteiger charge is 2.34. The van der Waals surface area contributed by atoms with Gasteiger partial charge in [0, 0.05) is 63.1 Å². The third kappa shape index (κ3) is 8.62. The lowest BCUT2D eigenvalue weighted by Crippen LogP contribution is -2.47. The van der Waals surface area contributed by atoms with Crippen molar-refractivity contribution in [1.82, 2.24) is 9.80 Å². The zero-order valence-electron chi connectivity index (χ0n) is 23.7. The molecule has 4 rings (SSSR count). The second-order valence-electron chi connectivity index (χ2n) is 11.9. The fourth-order valence-electron chi connectivity index (χ4n) is 5.49. The molecule has 0 unspecified atom stereocenters. The first-order chi connectivity index (χ1) is 18.9. The van der Waals surface area contributed by atoms with Crippen LogP contribution in [0.15, 0.2) is 42.5 Å². The molecule has 2 aliphatic heterocycles. The minimum Gasteiger partial charge on any atom is -0.382 e. The van der Waals surface area contributed by atoms with Crippen LogP contribution in [0, 0.1) is 11.3 Å². The largest absolute Gasteiger partial charge is 0.417 e. The van der Waals surface area contributed by atoms with Gasteiger partial charge in [-0.05, 0) is 67.1 Å². The average Bonchev–Trinajstić information content (AvgIpc) is 2.93. The molecule has 9 heteroatoms. The highest BCUT2D eigenvalue weighted by Crippen LogP contribution is 2.34. The number of piperidine rings is 1. The summed E-state index contributed by atoms with van der Waals surface area (Å²) in [6.45, 7) is 12.7. The number of nitrogens with one attached hydrogen (secondary N) is 1. The van der Waals surface area contributed by atoms with Crippen molar-refractivity contribution in [2.45, 2.75) is 71.5 Å². The molecule has 0 spiro atoms. The van der Waals surface area contributed by atoms with Crippen molar-refractivity contribution >= 4 is 17.3 Å². The molecule has 2 saturated heterocycles. The quantitative estimate of drug-likeness (QED) is 0.410. The molecule has 2 heterocycles. The number of nitrogens with zero attached hydrogens (tertiary/aromatic N) is 4. The number of piperazine rings is 1. The molecule has 2 aliphatic rings. The summed E-state index contributed by atoms with van der Waals surface area (Å²) in [5.74, 6) is 0.147. The molecule has 224 valence electrons. The summed E-state index contributed by atoms with van der Waals surface area (Å²) in [7, 11) is 0. The third-order valence-corrected chi connectivity index (χ3v) is 8.00. The summed E-state index contributed by atoms with van der Waals surface area (Å²) in [4.78, 5) is 19.5. The molecule has 0 atom stereocenters. The Labute approximate surface area is 243 Å². The van der Waals surface area contributed by atoms with Gasteiger partial charge in [0.2, 0.25) is 5.91 Å². The van der Waals surface area contributed by atoms with Gasteiger partial charge in [0.15, 0.2) is 0 Å². The number of benzene rings is 2. The molecule has 41 heavy (non-hydrogen) atoms. The first kappa shape index (κ1) is 32.3. The molecule has 1 N–H and O–H groups in total. The number of hydrogen-bond acceptors (Lipinski definition) is 5. The van der Waals surface area contributed by atoms with Crippen molar-refractivity contribution in [3.63, 3.8) is 0 Å². The summed E-state index contributed by atoms with van der Waals surface area (Å²) in [5, 5.41) is 12.1. The van der Waals surface area contributed by atoms with Crippen LogP contribution in [0.3, 0.4) is 0 Å². The summed E-state index contributed by atoms with van der Waals surface area (Å²) in [5.41, 5.74) is 1.79. The van der Waals surface area contributed by atoms with Gasteiger partial charge >= 0.3 is 6.18 Å². The van der Waals surface area contributed by atoms with E-state index in [4.69, 9.17) is 5.26 Å². The van der Waals surface area contributed by atoms with E-state index in [1.165, 1.54) is 23.4 Å². The number of carbonyl (C=O) groups is 1. The third-order valence-electron chi connectivity index (χ3n) is 8.00. The van der Waals surface area contributed by atoms with Gasteiger partial charge < -0.3 is 15.1 Å². The van der Waals surface area contributed by atoms with Crippen LogP contribution >= 0.6 is 0 Å². The normalized spacial score (nSPS) is 17.1. The minimum atomic E-state index is -4.58. The summed E-state index contributed by atoms with van der Waals surface area (Å²) in [6, 6.07) is 14.2. The molecule has 0 radical (unpaired) electrons. The number of carbonyl (C=O) groups excluding carboxylic acids is 1. The number of alkyl halides is 3. The number of halogens is 3. The van der Waals surface area contributed by atoms with Crippen molar-refractivity contribution in [2.24, 2.45) is 0 Å². The fraction of sp³-hybridized carbons (Fsp3) is 0.562. The molecule has 2 aromatic rings. The maximum Gasteiger partial charge on any atom is 0.417 e. The van der Waals surface area contributed by atoms with Crippen molar-refractivity contribution in [1.29, 1.82) is 5.26 Å². The Morgan fingerprint density at radius 3 is 2.17 bits per heavy atom. The van der Waals surface area contributed by atoms with Crippen molar-refractivity contribution in [3.05, 3.63) is 59.2 Å². The van der Waals surface area contributed by atoms with Crippen LogP contribution in [-0.2, 0) is 16.4 Å². The molecule has 6 nitrogen and oxygen atoms in total. The molecule has 0 aliphatic carbocycles. The van der Waals surface area contributed by atoms with E-state index >= 15 is 0 Å². The van der Waals surface area contributed by atoms with Crippen LogP contribution in [0.5, 0.6) is 0 Å². The minimum absolute atomic E-state index is 0. The van der Waals surface area contributed by atoms with E-state index in [1.54, 1.807) is 6.07 Å². The van der Waals surface area contributed by atoms with Gasteiger partial charge in [-0.2, -0.15) is 18.4 Å². The number of anilines is 2. The van der Waals surface area contributed by atoms with Crippen LogP contribution in [0.2, 0.25) is 0 Å². The molecule has 1 amide bonds. The molecular formula is C32H44F3N5O. The van der Waals surface area contributed by atoms with Crippen LogP contribution in [0.4, 0.5) is 24.5 Å². The lowest BCUT2D eigenvalue weighted by Gasteiger charge is -2.36. The molecule has 0 aromatic heterocycles. The zero-order valence-corrected chi connectivity index (χ0v) is 23.7. The van der Waals surface area contributed by atoms with Gasteiger partial charge in [0.05, 0.1) is 17.2 Å². The van der Waals surface area contributed by atoms with E-state index in [-0.39, 0.29) is 30.4 Å². The Morgan fingerprint density at radius 1 is 0.976 bits per heavy atom. The number of likely N-dealkylation sites (tertiary alicyclic amines) is 1. The zero-order chi connectivity index (χ0) is 28.9. The number of amides is 1. The SMILES string of the molecule is C.CC(C)(C)c1ccc(N2CCN(CCCC(=O)N3CCC(Nc4ccc(C#N)c(C(F)(F)F)c4)CC3)CC2)cc1. The summed E-state index contributed by atoms with van der Waals surface area (Å²) < 4.78 is 39.8. The van der Waals surface area contributed by atoms with E-state index in [0.29, 0.717) is 38.0 Å². The second kappa shape index (κ2) is 13.6. The fourth-order valence-corrected chi connectivity index (χ4v) is 5.49. The predicted octanol–water partition coefficient (Wildman–Crippen LogP) is 6.52. The van der Waals surface area contributed by atoms with Crippen molar-refractivity contribution < 1.29 is 18.0 Å². The molecule has 2 fully saturated rings. The van der Waals surface area contributed by atoms with Crippen LogP contribution in [0.1, 0.15) is 70.6 Å². The van der Waals surface area contributed by atoms with E-state index in [1.807, 2.05) is 4.90 Å². The van der Waals surface area contributed by atoms with Gasteiger partial charge in [0.25, 0.3) is 0 Å². The first-order valence-electron chi connectivity index (χ1n) is 14.2. The maximum atomic E-state index is 13.3. The van der Waals surface area contributed by atoms with Crippen LogP contribution < -0.4 is 10.2 Å². The van der Waals surface area contributed by atoms with Gasteiger partial charge in [-0.25, -0.2) is 0 Å². The lowest BCUT2D eigenvalue weighted by molar-refractivity contribution is -0.137. The Balaban J connectivity index is 0.00000462. The monoisotopic (exact) mass is 571 g/mol. The Kier molecular flexibility index (Phi) is 10.7. The van der Waals surface area contributed by atoms with E-state index in [9.17, 15) is 18.0 Å². The number of rotatable bonds is 7. The molecule has 0 saturated carbocycles. The van der Waals surface area contributed by atoms with Gasteiger partial charge in [-0.3, -0.25) is 9.69 Å².